The van der Waals surface area contributed by atoms with Crippen LogP contribution in [0.1, 0.15) is 18.0 Å². The molecule has 3 N–H and O–H groups in total. The topological polar surface area (TPSA) is 50.4 Å². The molecule has 0 radical (unpaired) electrons. The molecule has 0 aliphatic carbocycles. The standard InChI is InChI=1S/C14H15N3/c15-14-16-8-7-13(17-14)12-6-5-10-3-1-2-4-11(10)9-12/h1-6,9,13H,7-8H2,(H3,15,16,17). The Morgan fingerprint density at radius 3 is 2.76 bits per heavy atom. The molecule has 3 rings (SSSR count). The highest BCUT2D eigenvalue weighted by Crippen LogP contribution is 2.23. The van der Waals surface area contributed by atoms with Crippen molar-refractivity contribution in [2.24, 2.45) is 10.7 Å². The molecular formula is C14H15N3. The molecule has 1 heterocycles. The molecule has 0 aromatic heterocycles. The summed E-state index contributed by atoms with van der Waals surface area (Å²) in [4.78, 5) is 4.15. The predicted octanol–water partition coefficient (Wildman–Crippen LogP) is 2.19. The highest BCUT2D eigenvalue weighted by molar-refractivity contribution is 5.83. The first-order valence-electron chi connectivity index (χ1n) is 5.88. The minimum absolute atomic E-state index is 0.289. The second-order valence-electron chi connectivity index (χ2n) is 4.36. The summed E-state index contributed by atoms with van der Waals surface area (Å²) < 4.78 is 0. The van der Waals surface area contributed by atoms with Crippen LogP contribution in [0.4, 0.5) is 0 Å². The van der Waals surface area contributed by atoms with Crippen molar-refractivity contribution in [2.45, 2.75) is 12.5 Å². The Balaban J connectivity index is 1.98. The number of benzene rings is 2. The zero-order chi connectivity index (χ0) is 11.7. The SMILES string of the molecule is NC1=NCCC(c2ccc3ccccc3c2)N1. The van der Waals surface area contributed by atoms with E-state index in [9.17, 15) is 0 Å². The molecule has 1 unspecified atom stereocenters. The quantitative estimate of drug-likeness (QED) is 0.781. The van der Waals surface area contributed by atoms with Crippen LogP contribution in [0, 0.1) is 0 Å². The van der Waals surface area contributed by atoms with E-state index in [1.165, 1.54) is 16.3 Å². The van der Waals surface area contributed by atoms with Crippen molar-refractivity contribution < 1.29 is 0 Å². The Labute approximate surface area is 100 Å². The van der Waals surface area contributed by atoms with Gasteiger partial charge >= 0.3 is 0 Å². The summed E-state index contributed by atoms with van der Waals surface area (Å²) in [5.74, 6) is 0.550. The van der Waals surface area contributed by atoms with Crippen LogP contribution in [0.3, 0.4) is 0 Å². The highest BCUT2D eigenvalue weighted by Gasteiger charge is 2.15. The second kappa shape index (κ2) is 4.09. The van der Waals surface area contributed by atoms with Crippen LogP contribution in [0.2, 0.25) is 0 Å². The Morgan fingerprint density at radius 1 is 1.12 bits per heavy atom. The smallest absolute Gasteiger partial charge is 0.189 e. The summed E-state index contributed by atoms with van der Waals surface area (Å²) in [6, 6.07) is 15.2. The summed E-state index contributed by atoms with van der Waals surface area (Å²) in [6.07, 6.45) is 0.999. The van der Waals surface area contributed by atoms with Crippen molar-refractivity contribution in [3.63, 3.8) is 0 Å². The molecule has 2 aromatic rings. The number of nitrogens with two attached hydrogens (primary N) is 1. The maximum Gasteiger partial charge on any atom is 0.189 e. The zero-order valence-corrected chi connectivity index (χ0v) is 9.56. The van der Waals surface area contributed by atoms with Crippen molar-refractivity contribution in [1.29, 1.82) is 0 Å². The number of guanidine groups is 1. The van der Waals surface area contributed by atoms with Crippen molar-refractivity contribution in [3.05, 3.63) is 48.0 Å². The van der Waals surface area contributed by atoms with Crippen LogP contribution < -0.4 is 11.1 Å². The lowest BCUT2D eigenvalue weighted by molar-refractivity contribution is 0.569. The van der Waals surface area contributed by atoms with Crippen molar-refractivity contribution >= 4 is 16.7 Å². The van der Waals surface area contributed by atoms with E-state index in [2.05, 4.69) is 52.8 Å². The van der Waals surface area contributed by atoms with E-state index in [1.807, 2.05) is 0 Å². The fraction of sp³-hybridized carbons (Fsp3) is 0.214. The fourth-order valence-electron chi connectivity index (χ4n) is 2.28. The Hall–Kier alpha value is -2.03. The largest absolute Gasteiger partial charge is 0.370 e. The van der Waals surface area contributed by atoms with Gasteiger partial charge in [0.05, 0.1) is 6.04 Å². The molecule has 17 heavy (non-hydrogen) atoms. The number of rotatable bonds is 1. The molecule has 2 aromatic carbocycles. The van der Waals surface area contributed by atoms with Gasteiger partial charge in [-0.1, -0.05) is 36.4 Å². The van der Waals surface area contributed by atoms with Crippen LogP contribution in [-0.2, 0) is 0 Å². The van der Waals surface area contributed by atoms with Gasteiger partial charge in [0.15, 0.2) is 5.96 Å². The molecule has 3 nitrogen and oxygen atoms in total. The van der Waals surface area contributed by atoms with Crippen LogP contribution in [0.15, 0.2) is 47.5 Å². The van der Waals surface area contributed by atoms with Crippen LogP contribution in [0.5, 0.6) is 0 Å². The first-order valence-corrected chi connectivity index (χ1v) is 5.88. The molecule has 1 aliphatic rings. The fourth-order valence-corrected chi connectivity index (χ4v) is 2.28. The maximum atomic E-state index is 5.71. The van der Waals surface area contributed by atoms with E-state index in [4.69, 9.17) is 5.73 Å². The van der Waals surface area contributed by atoms with E-state index in [-0.39, 0.29) is 6.04 Å². The Bertz CT molecular complexity index is 574. The normalized spacial score (nSPS) is 19.8. The molecule has 1 atom stereocenters. The molecule has 0 bridgehead atoms. The lowest BCUT2D eigenvalue weighted by atomic mass is 9.99. The average molecular weight is 225 g/mol. The lowest BCUT2D eigenvalue weighted by Gasteiger charge is -2.23. The summed E-state index contributed by atoms with van der Waals surface area (Å²) in [5.41, 5.74) is 6.99. The third-order valence-electron chi connectivity index (χ3n) is 3.20. The summed E-state index contributed by atoms with van der Waals surface area (Å²) >= 11 is 0. The average Bonchev–Trinajstić information content (AvgIpc) is 2.38. The molecule has 0 amide bonds. The number of nitrogens with one attached hydrogen (secondary N) is 1. The monoisotopic (exact) mass is 225 g/mol. The first kappa shape index (κ1) is 10.1. The van der Waals surface area contributed by atoms with Crippen LogP contribution in [0.25, 0.3) is 10.8 Å². The minimum Gasteiger partial charge on any atom is -0.370 e. The van der Waals surface area contributed by atoms with Gasteiger partial charge in [0.2, 0.25) is 0 Å². The second-order valence-corrected chi connectivity index (χ2v) is 4.36. The van der Waals surface area contributed by atoms with Gasteiger partial charge in [-0.15, -0.1) is 0 Å². The van der Waals surface area contributed by atoms with Crippen LogP contribution >= 0.6 is 0 Å². The van der Waals surface area contributed by atoms with Crippen molar-refractivity contribution in [1.82, 2.24) is 5.32 Å². The highest BCUT2D eigenvalue weighted by atomic mass is 15.1. The predicted molar refractivity (Wildman–Crippen MR) is 70.9 cm³/mol. The summed E-state index contributed by atoms with van der Waals surface area (Å²) in [7, 11) is 0. The third kappa shape index (κ3) is 1.96. The molecule has 86 valence electrons. The first-order chi connectivity index (χ1) is 8.33. The third-order valence-corrected chi connectivity index (χ3v) is 3.20. The van der Waals surface area contributed by atoms with E-state index in [1.54, 1.807) is 0 Å². The van der Waals surface area contributed by atoms with Gasteiger partial charge < -0.3 is 11.1 Å². The molecule has 0 spiro atoms. The Morgan fingerprint density at radius 2 is 1.94 bits per heavy atom. The summed E-state index contributed by atoms with van der Waals surface area (Å²) in [5, 5.41) is 5.77. The molecular weight excluding hydrogens is 210 g/mol. The van der Waals surface area contributed by atoms with Crippen molar-refractivity contribution in [2.75, 3.05) is 6.54 Å². The molecule has 0 saturated heterocycles. The van der Waals surface area contributed by atoms with E-state index < -0.39 is 0 Å². The van der Waals surface area contributed by atoms with E-state index >= 15 is 0 Å². The number of fused-ring (bicyclic) bond motifs is 1. The van der Waals surface area contributed by atoms with Gasteiger partial charge in [-0.05, 0) is 28.8 Å². The van der Waals surface area contributed by atoms with Gasteiger partial charge in [-0.3, -0.25) is 4.99 Å². The number of hydrogen-bond acceptors (Lipinski definition) is 3. The van der Waals surface area contributed by atoms with Gasteiger partial charge in [-0.25, -0.2) is 0 Å². The number of aliphatic imine (C=N–C) groups is 1. The molecule has 3 heteroatoms. The zero-order valence-electron chi connectivity index (χ0n) is 9.56. The van der Waals surface area contributed by atoms with E-state index in [0.29, 0.717) is 5.96 Å². The number of nitrogens with zero attached hydrogens (tertiary/aromatic N) is 1. The minimum atomic E-state index is 0.289. The van der Waals surface area contributed by atoms with Crippen molar-refractivity contribution in [3.8, 4) is 0 Å². The number of hydrogen-bond donors (Lipinski definition) is 2. The van der Waals surface area contributed by atoms with Crippen LogP contribution in [-0.4, -0.2) is 12.5 Å². The van der Waals surface area contributed by atoms with Gasteiger partial charge in [0.25, 0.3) is 0 Å². The lowest BCUT2D eigenvalue weighted by Crippen LogP contribution is -2.38. The molecule has 0 saturated carbocycles. The van der Waals surface area contributed by atoms with Gasteiger partial charge in [0, 0.05) is 6.54 Å². The Kier molecular flexibility index (Phi) is 2.44. The summed E-state index contributed by atoms with van der Waals surface area (Å²) in [6.45, 7) is 0.802. The molecule has 1 aliphatic heterocycles. The van der Waals surface area contributed by atoms with E-state index in [0.717, 1.165) is 13.0 Å². The molecule has 0 fully saturated rings. The van der Waals surface area contributed by atoms with Gasteiger partial charge in [-0.2, -0.15) is 0 Å². The maximum absolute atomic E-state index is 5.71. The van der Waals surface area contributed by atoms with Gasteiger partial charge in [0.1, 0.15) is 0 Å².